The molecule has 0 unspecified atom stereocenters. The van der Waals surface area contributed by atoms with Gasteiger partial charge in [0.1, 0.15) is 11.3 Å². The molecule has 28 heavy (non-hydrogen) atoms. The first kappa shape index (κ1) is 19.0. The third-order valence-electron chi connectivity index (χ3n) is 4.00. The summed E-state index contributed by atoms with van der Waals surface area (Å²) in [6.45, 7) is 2.73. The van der Waals surface area contributed by atoms with Gasteiger partial charge in [0.15, 0.2) is 5.78 Å². The number of nitrogens with zero attached hydrogens (tertiary/aromatic N) is 3. The maximum absolute atomic E-state index is 12.5. The van der Waals surface area contributed by atoms with E-state index in [1.807, 2.05) is 6.07 Å². The molecule has 0 aliphatic heterocycles. The fraction of sp³-hybridized carbons (Fsp3) is 0.150. The molecule has 8 nitrogen and oxygen atoms in total. The van der Waals surface area contributed by atoms with E-state index in [9.17, 15) is 14.4 Å². The molecule has 0 aliphatic carbocycles. The normalized spacial score (nSPS) is 10.4. The summed E-state index contributed by atoms with van der Waals surface area (Å²) in [4.78, 5) is 40.4. The topological polar surface area (TPSA) is 103 Å². The molecule has 3 rings (SSSR count). The Hall–Kier alpha value is -3.81. The highest BCUT2D eigenvalue weighted by atomic mass is 16.5. The predicted molar refractivity (Wildman–Crippen MR) is 101 cm³/mol. The molecule has 0 fully saturated rings. The summed E-state index contributed by atoms with van der Waals surface area (Å²) in [6, 6.07) is 12.1. The smallest absolute Gasteiger partial charge is 0.266 e. The van der Waals surface area contributed by atoms with E-state index in [1.165, 1.54) is 19.3 Å². The van der Waals surface area contributed by atoms with Crippen LogP contribution in [0.1, 0.15) is 38.1 Å². The van der Waals surface area contributed by atoms with Crippen molar-refractivity contribution < 1.29 is 19.1 Å². The first-order valence-corrected chi connectivity index (χ1v) is 8.52. The van der Waals surface area contributed by atoms with Crippen molar-refractivity contribution in [3.63, 3.8) is 0 Å². The maximum Gasteiger partial charge on any atom is 0.266 e. The lowest BCUT2D eigenvalue weighted by Crippen LogP contribution is -2.33. The van der Waals surface area contributed by atoms with Gasteiger partial charge in [-0.2, -0.15) is 5.10 Å². The quantitative estimate of drug-likeness (QED) is 0.662. The Labute approximate surface area is 161 Å². The van der Waals surface area contributed by atoms with E-state index in [-0.39, 0.29) is 23.8 Å². The zero-order valence-corrected chi connectivity index (χ0v) is 15.4. The zero-order chi connectivity index (χ0) is 20.1. The van der Waals surface area contributed by atoms with Crippen molar-refractivity contribution in [3.05, 3.63) is 71.7 Å². The highest BCUT2D eigenvalue weighted by Crippen LogP contribution is 2.22. The van der Waals surface area contributed by atoms with Gasteiger partial charge in [-0.15, -0.1) is 0 Å². The number of benzene rings is 1. The molecule has 0 spiro atoms. The van der Waals surface area contributed by atoms with Crippen LogP contribution in [-0.4, -0.2) is 38.9 Å². The second-order valence-corrected chi connectivity index (χ2v) is 5.96. The molecule has 0 radical (unpaired) electrons. The SMILES string of the molecule is CC(=O)c1cnn(C(=O)CNC(=O)c2cccnc2Oc2ccccc2)c1C. The molecule has 3 aromatic rings. The largest absolute Gasteiger partial charge is 0.438 e. The number of rotatable bonds is 6. The van der Waals surface area contributed by atoms with Crippen molar-refractivity contribution in [2.75, 3.05) is 6.54 Å². The average molecular weight is 378 g/mol. The van der Waals surface area contributed by atoms with Crippen molar-refractivity contribution in [2.45, 2.75) is 13.8 Å². The number of ketones is 1. The van der Waals surface area contributed by atoms with Crippen LogP contribution < -0.4 is 10.1 Å². The average Bonchev–Trinajstić information content (AvgIpc) is 3.09. The fourth-order valence-electron chi connectivity index (χ4n) is 2.58. The number of nitrogens with one attached hydrogen (secondary N) is 1. The summed E-state index contributed by atoms with van der Waals surface area (Å²) in [7, 11) is 0. The molecule has 0 aliphatic rings. The van der Waals surface area contributed by atoms with E-state index >= 15 is 0 Å². The molecule has 2 aromatic heterocycles. The molecule has 2 heterocycles. The Balaban J connectivity index is 1.70. The number of para-hydroxylation sites is 1. The van der Waals surface area contributed by atoms with Crippen molar-refractivity contribution in [2.24, 2.45) is 0 Å². The molecule has 0 atom stereocenters. The van der Waals surface area contributed by atoms with Crippen LogP contribution >= 0.6 is 0 Å². The fourth-order valence-corrected chi connectivity index (χ4v) is 2.58. The summed E-state index contributed by atoms with van der Waals surface area (Å²) in [5.41, 5.74) is 0.993. The number of aromatic nitrogens is 3. The molecule has 0 saturated carbocycles. The van der Waals surface area contributed by atoms with Gasteiger partial charge in [-0.3, -0.25) is 14.4 Å². The van der Waals surface area contributed by atoms with Crippen LogP contribution in [0.4, 0.5) is 0 Å². The van der Waals surface area contributed by atoms with Crippen LogP contribution in [0.25, 0.3) is 0 Å². The monoisotopic (exact) mass is 378 g/mol. The lowest BCUT2D eigenvalue weighted by molar-refractivity contribution is 0.0847. The van der Waals surface area contributed by atoms with E-state index < -0.39 is 11.8 Å². The third kappa shape index (κ3) is 4.12. The highest BCUT2D eigenvalue weighted by molar-refractivity contribution is 5.99. The minimum Gasteiger partial charge on any atom is -0.438 e. The van der Waals surface area contributed by atoms with Gasteiger partial charge in [-0.05, 0) is 38.1 Å². The minimum absolute atomic E-state index is 0.132. The number of hydrogen-bond donors (Lipinski definition) is 1. The maximum atomic E-state index is 12.5. The Morgan fingerprint density at radius 1 is 1.07 bits per heavy atom. The molecular formula is C20H18N4O4. The molecule has 142 valence electrons. The Morgan fingerprint density at radius 3 is 2.50 bits per heavy atom. The second kappa shape index (κ2) is 8.26. The molecule has 1 aromatic carbocycles. The first-order valence-electron chi connectivity index (χ1n) is 8.52. The Kier molecular flexibility index (Phi) is 5.59. The predicted octanol–water partition coefficient (Wildman–Crippen LogP) is 2.65. The van der Waals surface area contributed by atoms with Crippen LogP contribution in [0, 0.1) is 6.92 Å². The first-order chi connectivity index (χ1) is 13.5. The van der Waals surface area contributed by atoms with Crippen LogP contribution in [0.2, 0.25) is 0 Å². The van der Waals surface area contributed by atoms with Crippen LogP contribution in [-0.2, 0) is 0 Å². The highest BCUT2D eigenvalue weighted by Gasteiger charge is 2.18. The minimum atomic E-state index is -0.510. The number of carbonyl (C=O) groups excluding carboxylic acids is 3. The van der Waals surface area contributed by atoms with E-state index in [1.54, 1.807) is 43.3 Å². The third-order valence-corrected chi connectivity index (χ3v) is 4.00. The summed E-state index contributed by atoms with van der Waals surface area (Å²) < 4.78 is 6.76. The van der Waals surface area contributed by atoms with E-state index in [2.05, 4.69) is 15.4 Å². The molecule has 1 amide bonds. The molecule has 1 N–H and O–H groups in total. The Bertz CT molecular complexity index is 1030. The summed E-state index contributed by atoms with van der Waals surface area (Å²) in [6.07, 6.45) is 2.85. The van der Waals surface area contributed by atoms with Gasteiger partial charge >= 0.3 is 0 Å². The summed E-state index contributed by atoms with van der Waals surface area (Å²) in [5, 5.41) is 6.45. The van der Waals surface area contributed by atoms with Crippen molar-refractivity contribution in [1.29, 1.82) is 0 Å². The van der Waals surface area contributed by atoms with Gasteiger partial charge < -0.3 is 10.1 Å². The number of carbonyl (C=O) groups is 3. The van der Waals surface area contributed by atoms with Crippen LogP contribution in [0.15, 0.2) is 54.9 Å². The van der Waals surface area contributed by atoms with Gasteiger partial charge in [-0.25, -0.2) is 9.67 Å². The number of pyridine rings is 1. The lowest BCUT2D eigenvalue weighted by atomic mass is 10.2. The van der Waals surface area contributed by atoms with Crippen molar-refractivity contribution in [1.82, 2.24) is 20.1 Å². The van der Waals surface area contributed by atoms with Gasteiger partial charge in [0.2, 0.25) is 5.88 Å². The molecule has 0 saturated heterocycles. The standard InChI is InChI=1S/C20H18N4O4/c1-13-17(14(2)25)11-23-24(13)18(26)12-22-19(27)16-9-6-10-21-20(16)28-15-7-4-3-5-8-15/h3-11H,12H2,1-2H3,(H,22,27). The van der Waals surface area contributed by atoms with Gasteiger partial charge in [-0.1, -0.05) is 18.2 Å². The summed E-state index contributed by atoms with van der Waals surface area (Å²) >= 11 is 0. The Morgan fingerprint density at radius 2 is 1.82 bits per heavy atom. The van der Waals surface area contributed by atoms with Crippen molar-refractivity contribution >= 4 is 17.6 Å². The second-order valence-electron chi connectivity index (χ2n) is 5.96. The van der Waals surface area contributed by atoms with E-state index in [0.717, 1.165) is 4.68 Å². The molecular weight excluding hydrogens is 360 g/mol. The zero-order valence-electron chi connectivity index (χ0n) is 15.4. The molecule has 0 bridgehead atoms. The van der Waals surface area contributed by atoms with Gasteiger partial charge in [0.25, 0.3) is 11.8 Å². The van der Waals surface area contributed by atoms with Crippen molar-refractivity contribution in [3.8, 4) is 11.6 Å². The number of Topliss-reactive ketones (excluding diaryl/α,β-unsaturated/α-hetero) is 1. The van der Waals surface area contributed by atoms with Gasteiger partial charge in [0, 0.05) is 6.20 Å². The van der Waals surface area contributed by atoms with E-state index in [0.29, 0.717) is 17.0 Å². The van der Waals surface area contributed by atoms with E-state index in [4.69, 9.17) is 4.74 Å². The number of hydrogen-bond acceptors (Lipinski definition) is 6. The summed E-state index contributed by atoms with van der Waals surface area (Å²) in [5.74, 6) is -0.488. The molecule has 8 heteroatoms. The lowest BCUT2D eigenvalue weighted by Gasteiger charge is -2.10. The van der Waals surface area contributed by atoms with Crippen LogP contribution in [0.5, 0.6) is 11.6 Å². The van der Waals surface area contributed by atoms with Gasteiger partial charge in [0.05, 0.1) is 24.0 Å². The number of ether oxygens (including phenoxy) is 1. The number of amides is 1. The van der Waals surface area contributed by atoms with Crippen LogP contribution in [0.3, 0.4) is 0 Å².